The number of nitrogens with zero attached hydrogens (tertiary/aromatic N) is 1. The van der Waals surface area contributed by atoms with E-state index in [1.165, 1.54) is 12.1 Å². The average Bonchev–Trinajstić information content (AvgIpc) is 2.84. The predicted octanol–water partition coefficient (Wildman–Crippen LogP) is 2.05. The highest BCUT2D eigenvalue weighted by atomic mass is 19.2. The lowest BCUT2D eigenvalue weighted by molar-refractivity contribution is -0.141. The Labute approximate surface area is 107 Å². The Bertz CT molecular complexity index is 522. The molecule has 1 heterocycles. The topological polar surface area (TPSA) is 69.6 Å². The first kappa shape index (κ1) is 13.3. The highest BCUT2D eigenvalue weighted by molar-refractivity contribution is 5.92. The Balaban J connectivity index is 2.13. The summed E-state index contributed by atoms with van der Waals surface area (Å²) in [4.78, 5) is 23.9. The number of hydrogen-bond donors (Lipinski definition) is 2. The van der Waals surface area contributed by atoms with Gasteiger partial charge in [-0.3, -0.25) is 0 Å². The van der Waals surface area contributed by atoms with Gasteiger partial charge < -0.3 is 15.3 Å². The van der Waals surface area contributed by atoms with Crippen LogP contribution in [0.2, 0.25) is 0 Å². The Morgan fingerprint density at radius 2 is 2.11 bits per heavy atom. The van der Waals surface area contributed by atoms with Crippen molar-refractivity contribution in [1.82, 2.24) is 4.90 Å². The fourth-order valence-electron chi connectivity index (χ4n) is 2.05. The lowest BCUT2D eigenvalue weighted by atomic mass is 10.2. The van der Waals surface area contributed by atoms with E-state index in [0.717, 1.165) is 11.0 Å². The first-order chi connectivity index (χ1) is 9.00. The van der Waals surface area contributed by atoms with E-state index in [0.29, 0.717) is 12.8 Å². The standard InChI is InChI=1S/C12H12F2N2O3/c13-7-3-1-4-8(10(7)14)15-12(19)16-6-2-5-9(16)11(17)18/h1,3-4,9H,2,5-6H2,(H,15,19)(H,17,18). The first-order valence-electron chi connectivity index (χ1n) is 5.75. The van der Waals surface area contributed by atoms with Crippen molar-refractivity contribution in [2.75, 3.05) is 11.9 Å². The summed E-state index contributed by atoms with van der Waals surface area (Å²) >= 11 is 0. The molecule has 0 aromatic heterocycles. The molecule has 102 valence electrons. The van der Waals surface area contributed by atoms with Crippen molar-refractivity contribution in [2.45, 2.75) is 18.9 Å². The Morgan fingerprint density at radius 3 is 2.79 bits per heavy atom. The van der Waals surface area contributed by atoms with Crippen LogP contribution in [0.1, 0.15) is 12.8 Å². The zero-order valence-corrected chi connectivity index (χ0v) is 9.90. The number of halogens is 2. The molecule has 0 saturated carbocycles. The van der Waals surface area contributed by atoms with Gasteiger partial charge in [-0.05, 0) is 25.0 Å². The summed E-state index contributed by atoms with van der Waals surface area (Å²) < 4.78 is 26.4. The third kappa shape index (κ3) is 2.64. The van der Waals surface area contributed by atoms with E-state index in [4.69, 9.17) is 5.11 Å². The van der Waals surface area contributed by atoms with Crippen molar-refractivity contribution in [2.24, 2.45) is 0 Å². The van der Waals surface area contributed by atoms with E-state index in [9.17, 15) is 18.4 Å². The maximum absolute atomic E-state index is 13.4. The van der Waals surface area contributed by atoms with Crippen LogP contribution >= 0.6 is 0 Å². The molecule has 7 heteroatoms. The number of urea groups is 1. The van der Waals surface area contributed by atoms with Gasteiger partial charge in [0.25, 0.3) is 0 Å². The minimum atomic E-state index is -1.16. The van der Waals surface area contributed by atoms with Gasteiger partial charge in [0.2, 0.25) is 0 Å². The van der Waals surface area contributed by atoms with Crippen molar-refractivity contribution in [3.05, 3.63) is 29.8 Å². The summed E-state index contributed by atoms with van der Waals surface area (Å²) in [5.74, 6) is -3.34. The second kappa shape index (κ2) is 5.21. The van der Waals surface area contributed by atoms with Gasteiger partial charge in [-0.2, -0.15) is 0 Å². The van der Waals surface area contributed by atoms with Gasteiger partial charge in [0, 0.05) is 6.54 Å². The maximum Gasteiger partial charge on any atom is 0.326 e. The summed E-state index contributed by atoms with van der Waals surface area (Å²) in [6.07, 6.45) is 0.921. The van der Waals surface area contributed by atoms with Gasteiger partial charge >= 0.3 is 12.0 Å². The molecule has 2 N–H and O–H groups in total. The number of rotatable bonds is 2. The van der Waals surface area contributed by atoms with E-state index in [2.05, 4.69) is 5.32 Å². The zero-order chi connectivity index (χ0) is 14.0. The number of carbonyl (C=O) groups is 2. The largest absolute Gasteiger partial charge is 0.480 e. The van der Waals surface area contributed by atoms with Crippen LogP contribution in [0.15, 0.2) is 18.2 Å². The van der Waals surface area contributed by atoms with Gasteiger partial charge in [-0.25, -0.2) is 18.4 Å². The average molecular weight is 270 g/mol. The second-order valence-electron chi connectivity index (χ2n) is 4.22. The number of benzene rings is 1. The molecule has 0 spiro atoms. The molecule has 1 aromatic rings. The fourth-order valence-corrected chi connectivity index (χ4v) is 2.05. The number of anilines is 1. The number of nitrogens with one attached hydrogen (secondary N) is 1. The van der Waals surface area contributed by atoms with Gasteiger partial charge in [0.1, 0.15) is 6.04 Å². The molecule has 0 bridgehead atoms. The summed E-state index contributed by atoms with van der Waals surface area (Å²) in [6.45, 7) is 0.278. The molecule has 0 aliphatic carbocycles. The van der Waals surface area contributed by atoms with Crippen molar-refractivity contribution in [3.63, 3.8) is 0 Å². The lowest BCUT2D eigenvalue weighted by Gasteiger charge is -2.21. The molecule has 19 heavy (non-hydrogen) atoms. The molecule has 2 rings (SSSR count). The number of amides is 2. The molecule has 1 fully saturated rings. The number of carboxylic acids is 1. The molecule has 1 aromatic carbocycles. The number of carbonyl (C=O) groups excluding carboxylic acids is 1. The third-order valence-electron chi connectivity index (χ3n) is 2.99. The fraction of sp³-hybridized carbons (Fsp3) is 0.333. The van der Waals surface area contributed by atoms with E-state index in [1.807, 2.05) is 0 Å². The highest BCUT2D eigenvalue weighted by Crippen LogP contribution is 2.21. The molecule has 1 aliphatic heterocycles. The van der Waals surface area contributed by atoms with Crippen LogP contribution in [-0.2, 0) is 4.79 Å². The Kier molecular flexibility index (Phi) is 3.64. The van der Waals surface area contributed by atoms with Crippen LogP contribution in [0.5, 0.6) is 0 Å². The van der Waals surface area contributed by atoms with Gasteiger partial charge in [0.15, 0.2) is 11.6 Å². The molecular weight excluding hydrogens is 258 g/mol. The SMILES string of the molecule is O=C(O)C1CCCN1C(=O)Nc1cccc(F)c1F. The first-order valence-corrected chi connectivity index (χ1v) is 5.75. The van der Waals surface area contributed by atoms with E-state index in [1.54, 1.807) is 0 Å². The molecule has 5 nitrogen and oxygen atoms in total. The van der Waals surface area contributed by atoms with Crippen LogP contribution in [-0.4, -0.2) is 34.6 Å². The monoisotopic (exact) mass is 270 g/mol. The molecule has 2 amide bonds. The van der Waals surface area contributed by atoms with Crippen LogP contribution in [0.4, 0.5) is 19.3 Å². The second-order valence-corrected chi connectivity index (χ2v) is 4.22. The van der Waals surface area contributed by atoms with E-state index >= 15 is 0 Å². The highest BCUT2D eigenvalue weighted by Gasteiger charge is 2.34. The van der Waals surface area contributed by atoms with Crippen LogP contribution in [0.3, 0.4) is 0 Å². The third-order valence-corrected chi connectivity index (χ3v) is 2.99. The summed E-state index contributed by atoms with van der Waals surface area (Å²) in [7, 11) is 0. The number of hydrogen-bond acceptors (Lipinski definition) is 2. The minimum Gasteiger partial charge on any atom is -0.480 e. The normalized spacial score (nSPS) is 18.4. The quantitative estimate of drug-likeness (QED) is 0.864. The maximum atomic E-state index is 13.4. The van der Waals surface area contributed by atoms with E-state index < -0.39 is 29.7 Å². The lowest BCUT2D eigenvalue weighted by Crippen LogP contribution is -2.42. The molecular formula is C12H12F2N2O3. The molecule has 1 atom stereocenters. The number of aliphatic carboxylic acids is 1. The zero-order valence-electron chi connectivity index (χ0n) is 9.90. The van der Waals surface area contributed by atoms with Gasteiger partial charge in [-0.15, -0.1) is 0 Å². The summed E-state index contributed by atoms with van der Waals surface area (Å²) in [6, 6.07) is 1.74. The van der Waals surface area contributed by atoms with Crippen molar-refractivity contribution >= 4 is 17.7 Å². The number of carboxylic acid groups (broad SMARTS) is 1. The van der Waals surface area contributed by atoms with Crippen LogP contribution in [0, 0.1) is 11.6 Å². The minimum absolute atomic E-state index is 0.278. The molecule has 1 aliphatic rings. The van der Waals surface area contributed by atoms with Crippen LogP contribution < -0.4 is 5.32 Å². The van der Waals surface area contributed by atoms with Gasteiger partial charge in [0.05, 0.1) is 5.69 Å². The molecule has 0 radical (unpaired) electrons. The molecule has 1 saturated heterocycles. The Morgan fingerprint density at radius 1 is 1.37 bits per heavy atom. The van der Waals surface area contributed by atoms with Crippen molar-refractivity contribution in [1.29, 1.82) is 0 Å². The number of likely N-dealkylation sites (tertiary alicyclic amines) is 1. The van der Waals surface area contributed by atoms with Crippen LogP contribution in [0.25, 0.3) is 0 Å². The smallest absolute Gasteiger partial charge is 0.326 e. The Hall–Kier alpha value is -2.18. The van der Waals surface area contributed by atoms with E-state index in [-0.39, 0.29) is 12.2 Å². The molecule has 1 unspecified atom stereocenters. The summed E-state index contributed by atoms with van der Waals surface area (Å²) in [5.41, 5.74) is -0.305. The van der Waals surface area contributed by atoms with Crippen molar-refractivity contribution in [3.8, 4) is 0 Å². The predicted molar refractivity (Wildman–Crippen MR) is 62.7 cm³/mol. The van der Waals surface area contributed by atoms with Crippen molar-refractivity contribution < 1.29 is 23.5 Å². The summed E-state index contributed by atoms with van der Waals surface area (Å²) in [5, 5.41) is 11.1. The van der Waals surface area contributed by atoms with Gasteiger partial charge in [-0.1, -0.05) is 6.07 Å².